The molecule has 1 aliphatic carbocycles. The number of aromatic carboxylic acids is 1. The summed E-state index contributed by atoms with van der Waals surface area (Å²) >= 11 is 6.54. The quantitative estimate of drug-likeness (QED) is 0.428. The molecule has 0 radical (unpaired) electrons. The highest BCUT2D eigenvalue weighted by Gasteiger charge is 2.29. The first kappa shape index (κ1) is 19.7. The van der Waals surface area contributed by atoms with Crippen molar-refractivity contribution in [2.75, 3.05) is 11.9 Å². The third kappa shape index (κ3) is 3.80. The van der Waals surface area contributed by atoms with Gasteiger partial charge in [0.15, 0.2) is 0 Å². The number of anilines is 1. The minimum Gasteiger partial charge on any atom is -0.478 e. The maximum atomic E-state index is 12.4. The molecule has 0 heterocycles. The smallest absolute Gasteiger partial charge is 0.411 e. The van der Waals surface area contributed by atoms with E-state index in [1.54, 1.807) is 6.07 Å². The van der Waals surface area contributed by atoms with Crippen LogP contribution >= 0.6 is 31.9 Å². The van der Waals surface area contributed by atoms with E-state index >= 15 is 0 Å². The zero-order valence-electron chi connectivity index (χ0n) is 15.0. The van der Waals surface area contributed by atoms with E-state index in [-0.39, 0.29) is 23.8 Å². The minimum atomic E-state index is -1.15. The molecule has 7 heteroatoms. The summed E-state index contributed by atoms with van der Waals surface area (Å²) in [5.41, 5.74) is 4.61. The van der Waals surface area contributed by atoms with Crippen molar-refractivity contribution in [3.63, 3.8) is 0 Å². The minimum absolute atomic E-state index is 0.0419. The fourth-order valence-electron chi connectivity index (χ4n) is 3.61. The lowest BCUT2D eigenvalue weighted by Crippen LogP contribution is -2.19. The maximum Gasteiger partial charge on any atom is 0.411 e. The molecule has 1 aliphatic rings. The Morgan fingerprint density at radius 3 is 2.14 bits per heavy atom. The lowest BCUT2D eigenvalue weighted by molar-refractivity contribution is 0.0698. The van der Waals surface area contributed by atoms with Gasteiger partial charge in [-0.25, -0.2) is 9.59 Å². The van der Waals surface area contributed by atoms with Crippen LogP contribution in [0.4, 0.5) is 10.5 Å². The molecule has 0 aromatic heterocycles. The summed E-state index contributed by atoms with van der Waals surface area (Å²) in [6.07, 6.45) is -0.711. The van der Waals surface area contributed by atoms with E-state index in [1.165, 1.54) is 6.07 Å². The third-order valence-electron chi connectivity index (χ3n) is 4.86. The van der Waals surface area contributed by atoms with Crippen LogP contribution in [0.3, 0.4) is 0 Å². The summed E-state index contributed by atoms with van der Waals surface area (Å²) in [4.78, 5) is 24.0. The van der Waals surface area contributed by atoms with Gasteiger partial charge in [0, 0.05) is 14.9 Å². The first-order valence-corrected chi connectivity index (χ1v) is 10.4. The zero-order valence-corrected chi connectivity index (χ0v) is 18.2. The van der Waals surface area contributed by atoms with Crippen molar-refractivity contribution in [3.05, 3.63) is 86.3 Å². The molecule has 1 amide bonds. The van der Waals surface area contributed by atoms with Crippen LogP contribution in [-0.2, 0) is 4.74 Å². The fraction of sp³-hybridized carbons (Fsp3) is 0.0909. The van der Waals surface area contributed by atoms with Crippen molar-refractivity contribution in [1.29, 1.82) is 0 Å². The number of carbonyl (C=O) groups excluding carboxylic acids is 1. The SMILES string of the molecule is O=C(Nc1c(Br)cc(Br)cc1C(=O)O)OCC1c2ccccc2-c2ccccc21. The van der Waals surface area contributed by atoms with E-state index in [2.05, 4.69) is 49.3 Å². The molecular weight excluding hydrogens is 502 g/mol. The fourth-order valence-corrected chi connectivity index (χ4v) is 4.93. The summed E-state index contributed by atoms with van der Waals surface area (Å²) in [6.45, 7) is 0.149. The van der Waals surface area contributed by atoms with Crippen molar-refractivity contribution in [2.24, 2.45) is 0 Å². The van der Waals surface area contributed by atoms with Gasteiger partial charge in [-0.1, -0.05) is 64.5 Å². The first-order chi connectivity index (χ1) is 14.0. The van der Waals surface area contributed by atoms with Gasteiger partial charge in [0.1, 0.15) is 6.61 Å². The molecule has 0 spiro atoms. The zero-order chi connectivity index (χ0) is 20.5. The number of fused-ring (bicyclic) bond motifs is 3. The lowest BCUT2D eigenvalue weighted by atomic mass is 9.98. The second kappa shape index (κ2) is 8.00. The van der Waals surface area contributed by atoms with Crippen molar-refractivity contribution in [3.8, 4) is 11.1 Å². The topological polar surface area (TPSA) is 75.6 Å². The number of amides is 1. The molecule has 2 N–H and O–H groups in total. The molecule has 3 aromatic carbocycles. The van der Waals surface area contributed by atoms with Crippen molar-refractivity contribution >= 4 is 49.6 Å². The number of nitrogens with one attached hydrogen (secondary N) is 1. The summed E-state index contributed by atoms with van der Waals surface area (Å²) in [5, 5.41) is 12.0. The number of ether oxygens (including phenoxy) is 1. The molecule has 3 aromatic rings. The Bertz CT molecular complexity index is 1080. The Kier molecular flexibility index (Phi) is 5.43. The largest absolute Gasteiger partial charge is 0.478 e. The van der Waals surface area contributed by atoms with Gasteiger partial charge in [-0.3, -0.25) is 5.32 Å². The van der Waals surface area contributed by atoms with Gasteiger partial charge in [-0.15, -0.1) is 0 Å². The van der Waals surface area contributed by atoms with Crippen molar-refractivity contribution in [2.45, 2.75) is 5.92 Å². The average Bonchev–Trinajstić information content (AvgIpc) is 3.02. The molecule has 4 rings (SSSR count). The molecule has 29 heavy (non-hydrogen) atoms. The summed E-state index contributed by atoms with van der Waals surface area (Å²) in [7, 11) is 0. The molecule has 0 saturated carbocycles. The van der Waals surface area contributed by atoms with Gasteiger partial charge in [-0.2, -0.15) is 0 Å². The third-order valence-corrected chi connectivity index (χ3v) is 5.94. The second-order valence-electron chi connectivity index (χ2n) is 6.57. The molecule has 0 atom stereocenters. The normalized spacial score (nSPS) is 12.2. The Labute approximate surface area is 184 Å². The molecule has 0 bridgehead atoms. The first-order valence-electron chi connectivity index (χ1n) is 8.80. The predicted molar refractivity (Wildman–Crippen MR) is 117 cm³/mol. The number of hydrogen-bond acceptors (Lipinski definition) is 3. The van der Waals surface area contributed by atoms with E-state index in [9.17, 15) is 14.7 Å². The van der Waals surface area contributed by atoms with Crippen molar-refractivity contribution < 1.29 is 19.4 Å². The highest BCUT2D eigenvalue weighted by molar-refractivity contribution is 9.11. The number of carbonyl (C=O) groups is 2. The molecule has 0 fully saturated rings. The number of rotatable bonds is 4. The average molecular weight is 517 g/mol. The van der Waals surface area contributed by atoms with Crippen LogP contribution in [0.2, 0.25) is 0 Å². The molecular formula is C22H15Br2NO4. The van der Waals surface area contributed by atoms with Crippen LogP contribution in [-0.4, -0.2) is 23.8 Å². The van der Waals surface area contributed by atoms with Crippen LogP contribution in [0, 0.1) is 0 Å². The van der Waals surface area contributed by atoms with Gasteiger partial charge in [0.2, 0.25) is 0 Å². The Morgan fingerprint density at radius 1 is 0.966 bits per heavy atom. The Balaban J connectivity index is 1.54. The second-order valence-corrected chi connectivity index (χ2v) is 8.34. The van der Waals surface area contributed by atoms with Crippen LogP contribution in [0.1, 0.15) is 27.4 Å². The van der Waals surface area contributed by atoms with Crippen LogP contribution < -0.4 is 5.32 Å². The number of benzene rings is 3. The van der Waals surface area contributed by atoms with E-state index < -0.39 is 12.1 Å². The predicted octanol–water partition coefficient (Wildman–Crippen LogP) is 6.27. The monoisotopic (exact) mass is 515 g/mol. The Morgan fingerprint density at radius 2 is 1.55 bits per heavy atom. The highest BCUT2D eigenvalue weighted by atomic mass is 79.9. The van der Waals surface area contributed by atoms with Gasteiger partial charge in [-0.05, 0) is 50.3 Å². The number of halogens is 2. The van der Waals surface area contributed by atoms with Crippen molar-refractivity contribution in [1.82, 2.24) is 0 Å². The van der Waals surface area contributed by atoms with Crippen LogP contribution in [0.25, 0.3) is 11.1 Å². The van der Waals surface area contributed by atoms with Gasteiger partial charge < -0.3 is 9.84 Å². The number of hydrogen-bond donors (Lipinski definition) is 2. The molecule has 0 unspecified atom stereocenters. The summed E-state index contributed by atoms with van der Waals surface area (Å²) < 4.78 is 6.51. The molecule has 0 saturated heterocycles. The van der Waals surface area contributed by atoms with Crippen LogP contribution in [0.15, 0.2) is 69.6 Å². The lowest BCUT2D eigenvalue weighted by Gasteiger charge is -2.16. The molecule has 5 nitrogen and oxygen atoms in total. The van der Waals surface area contributed by atoms with Crippen LogP contribution in [0.5, 0.6) is 0 Å². The van der Waals surface area contributed by atoms with E-state index in [1.807, 2.05) is 36.4 Å². The molecule has 146 valence electrons. The number of carboxylic acids is 1. The van der Waals surface area contributed by atoms with E-state index in [0.29, 0.717) is 8.95 Å². The Hall–Kier alpha value is -2.64. The van der Waals surface area contributed by atoms with Gasteiger partial charge in [0.25, 0.3) is 0 Å². The summed E-state index contributed by atoms with van der Waals surface area (Å²) in [6, 6.07) is 19.2. The number of carboxylic acid groups (broad SMARTS) is 1. The molecule has 0 aliphatic heterocycles. The maximum absolute atomic E-state index is 12.4. The van der Waals surface area contributed by atoms with Gasteiger partial charge >= 0.3 is 12.1 Å². The standard InChI is InChI=1S/C22H15Br2NO4/c23-12-9-17(21(26)27)20(19(24)10-12)25-22(28)29-11-18-15-7-3-1-5-13(15)14-6-2-4-8-16(14)18/h1-10,18H,11H2,(H,25,28)(H,26,27). The van der Waals surface area contributed by atoms with Gasteiger partial charge in [0.05, 0.1) is 11.3 Å². The van der Waals surface area contributed by atoms with E-state index in [0.717, 1.165) is 22.3 Å². The highest BCUT2D eigenvalue weighted by Crippen LogP contribution is 2.44. The van der Waals surface area contributed by atoms with E-state index in [4.69, 9.17) is 4.74 Å². The summed E-state index contributed by atoms with van der Waals surface area (Å²) in [5.74, 6) is -1.22.